The van der Waals surface area contributed by atoms with E-state index in [-0.39, 0.29) is 6.04 Å². The Labute approximate surface area is 53.6 Å². The fourth-order valence-electron chi connectivity index (χ4n) is 0.612. The molecule has 0 aromatic heterocycles. The van der Waals surface area contributed by atoms with Crippen LogP contribution in [0.5, 0.6) is 0 Å². The number of hydrogen-bond donors (Lipinski definition) is 1. The van der Waals surface area contributed by atoms with Gasteiger partial charge in [-0.1, -0.05) is 4.67 Å². The van der Waals surface area contributed by atoms with E-state index in [4.69, 9.17) is 10.5 Å². The maximum absolute atomic E-state index is 5.48. The monoisotopic (exact) mass is 125 g/mol. The van der Waals surface area contributed by atoms with Gasteiger partial charge in [-0.15, -0.1) is 0 Å². The van der Waals surface area contributed by atoms with Gasteiger partial charge in [0, 0.05) is 0 Å². The summed E-state index contributed by atoms with van der Waals surface area (Å²) in [6.07, 6.45) is 5.08. The van der Waals surface area contributed by atoms with Gasteiger partial charge >= 0.3 is 6.21 Å². The molecule has 0 radical (unpaired) electrons. The van der Waals surface area contributed by atoms with Crippen molar-refractivity contribution in [3.05, 3.63) is 11.8 Å². The van der Waals surface area contributed by atoms with Crippen molar-refractivity contribution >= 4 is 12.4 Å². The van der Waals surface area contributed by atoms with Gasteiger partial charge < -0.3 is 10.5 Å². The van der Waals surface area contributed by atoms with Crippen molar-refractivity contribution in [1.82, 2.24) is 4.67 Å². The Balaban J connectivity index is 2.76. The maximum atomic E-state index is 5.48. The van der Waals surface area contributed by atoms with Crippen LogP contribution in [0.1, 0.15) is 0 Å². The van der Waals surface area contributed by atoms with Crippen LogP contribution in [-0.2, 0) is 4.74 Å². The van der Waals surface area contributed by atoms with E-state index in [0.29, 0.717) is 0 Å². The molecule has 9 heavy (non-hydrogen) atoms. The number of nitrogens with zero attached hydrogens (tertiary/aromatic N) is 1. The molecule has 48 valence electrons. The summed E-state index contributed by atoms with van der Waals surface area (Å²) in [5.41, 5.74) is 5.48. The fourth-order valence-corrected chi connectivity index (χ4v) is 0.612. The average molecular weight is 125 g/mol. The molecule has 1 heterocycles. The highest BCUT2D eigenvalue weighted by Crippen LogP contribution is 1.92. The van der Waals surface area contributed by atoms with Gasteiger partial charge in [0.1, 0.15) is 6.04 Å². The minimum atomic E-state index is -0.0926. The Morgan fingerprint density at radius 3 is 3.00 bits per heavy atom. The highest BCUT2D eigenvalue weighted by atomic mass is 16.5. The smallest absolute Gasteiger partial charge is 0.333 e. The Morgan fingerprint density at radius 1 is 1.78 bits per heavy atom. The number of ether oxygens (including phenoxy) is 1. The van der Waals surface area contributed by atoms with Crippen LogP contribution >= 0.6 is 0 Å². The molecule has 1 unspecified atom stereocenters. The van der Waals surface area contributed by atoms with Gasteiger partial charge in [-0.3, -0.25) is 0 Å². The summed E-state index contributed by atoms with van der Waals surface area (Å²) in [6, 6.07) is -0.0926. The molecule has 0 fully saturated rings. The summed E-state index contributed by atoms with van der Waals surface area (Å²) < 4.78 is 8.72. The van der Waals surface area contributed by atoms with Crippen molar-refractivity contribution in [2.45, 2.75) is 6.04 Å². The molecule has 1 atom stereocenters. The lowest BCUT2D eigenvalue weighted by Crippen LogP contribution is -2.23. The number of hydrogen-bond acceptors (Lipinski definition) is 2. The van der Waals surface area contributed by atoms with E-state index in [1.807, 2.05) is 0 Å². The summed E-state index contributed by atoms with van der Waals surface area (Å²) in [5.74, 6) is 0.727. The number of allylic oxidation sites excluding steroid dienone is 1. The maximum Gasteiger partial charge on any atom is 0.333 e. The molecule has 0 aromatic carbocycles. The standard InChI is InChI=1S/C6H9N2O/c1-9-6-2-5(7)3-8-4-6/h2-5H,7H2,1H3/q+1. The molecule has 3 heteroatoms. The molecule has 0 saturated carbocycles. The molecule has 0 spiro atoms. The van der Waals surface area contributed by atoms with Crippen LogP contribution in [0, 0.1) is 0 Å². The largest absolute Gasteiger partial charge is 0.490 e. The van der Waals surface area contributed by atoms with Crippen LogP contribution < -0.4 is 10.4 Å². The number of rotatable bonds is 1. The summed E-state index contributed by atoms with van der Waals surface area (Å²) >= 11 is 0. The van der Waals surface area contributed by atoms with Gasteiger partial charge in [0.2, 0.25) is 0 Å². The van der Waals surface area contributed by atoms with Gasteiger partial charge in [-0.2, -0.15) is 0 Å². The van der Waals surface area contributed by atoms with Gasteiger partial charge in [-0.05, 0) is 6.08 Å². The summed E-state index contributed by atoms with van der Waals surface area (Å²) in [6.45, 7) is 0. The average Bonchev–Trinajstić information content (AvgIpc) is 1.88. The van der Waals surface area contributed by atoms with Crippen LogP contribution in [0.15, 0.2) is 11.8 Å². The summed E-state index contributed by atoms with van der Waals surface area (Å²) in [7, 11) is 1.59. The van der Waals surface area contributed by atoms with Crippen LogP contribution in [0.4, 0.5) is 0 Å². The third-order valence-electron chi connectivity index (χ3n) is 1.05. The summed E-state index contributed by atoms with van der Waals surface area (Å²) in [4.78, 5) is 0. The van der Waals surface area contributed by atoms with Crippen molar-refractivity contribution in [3.8, 4) is 0 Å². The quantitative estimate of drug-likeness (QED) is 0.460. The SMILES string of the molecule is COC1=CC(N)C=[N+]=C1. The van der Waals surface area contributed by atoms with Crippen LogP contribution in [0.2, 0.25) is 0 Å². The molecule has 0 aromatic rings. The molecule has 1 rings (SSSR count). The van der Waals surface area contributed by atoms with E-state index in [2.05, 4.69) is 4.67 Å². The van der Waals surface area contributed by atoms with E-state index >= 15 is 0 Å². The number of methoxy groups -OCH3 is 1. The van der Waals surface area contributed by atoms with E-state index in [1.165, 1.54) is 0 Å². The molecule has 3 nitrogen and oxygen atoms in total. The molecule has 0 amide bonds. The van der Waals surface area contributed by atoms with Crippen LogP contribution in [0.25, 0.3) is 0 Å². The zero-order chi connectivity index (χ0) is 6.69. The lowest BCUT2D eigenvalue weighted by molar-refractivity contribution is 0.315. The van der Waals surface area contributed by atoms with E-state index < -0.39 is 0 Å². The Hall–Kier alpha value is -1.05. The molecule has 1 aliphatic heterocycles. The fraction of sp³-hybridized carbons (Fsp3) is 0.333. The van der Waals surface area contributed by atoms with Gasteiger partial charge in [0.05, 0.1) is 7.11 Å². The minimum absolute atomic E-state index is 0.0926. The van der Waals surface area contributed by atoms with Crippen molar-refractivity contribution in [1.29, 1.82) is 0 Å². The molecule has 0 aliphatic carbocycles. The van der Waals surface area contributed by atoms with E-state index in [9.17, 15) is 0 Å². The van der Waals surface area contributed by atoms with Gasteiger partial charge in [0.25, 0.3) is 6.21 Å². The lowest BCUT2D eigenvalue weighted by atomic mass is 10.3. The zero-order valence-electron chi connectivity index (χ0n) is 5.24. The lowest BCUT2D eigenvalue weighted by Gasteiger charge is -1.97. The third-order valence-corrected chi connectivity index (χ3v) is 1.05. The second-order valence-corrected chi connectivity index (χ2v) is 1.78. The Kier molecular flexibility index (Phi) is 1.68. The first kappa shape index (κ1) is 6.08. The second kappa shape index (κ2) is 2.49. The molecule has 0 bridgehead atoms. The van der Waals surface area contributed by atoms with Crippen LogP contribution in [-0.4, -0.2) is 25.6 Å². The van der Waals surface area contributed by atoms with E-state index in [0.717, 1.165) is 5.76 Å². The highest BCUT2D eigenvalue weighted by Gasteiger charge is 2.08. The number of nitrogens with two attached hydrogens (primary N) is 1. The molecule has 2 N–H and O–H groups in total. The van der Waals surface area contributed by atoms with Crippen molar-refractivity contribution in [2.24, 2.45) is 5.73 Å². The first-order valence-electron chi connectivity index (χ1n) is 2.71. The predicted molar refractivity (Wildman–Crippen MR) is 37.3 cm³/mol. The van der Waals surface area contributed by atoms with E-state index in [1.54, 1.807) is 25.6 Å². The highest BCUT2D eigenvalue weighted by molar-refractivity contribution is 5.84. The molecule has 1 aliphatic rings. The Morgan fingerprint density at radius 2 is 2.56 bits per heavy atom. The van der Waals surface area contributed by atoms with Crippen molar-refractivity contribution in [3.63, 3.8) is 0 Å². The molecule has 0 saturated heterocycles. The van der Waals surface area contributed by atoms with Crippen molar-refractivity contribution in [2.75, 3.05) is 7.11 Å². The first-order valence-corrected chi connectivity index (χ1v) is 2.71. The van der Waals surface area contributed by atoms with Gasteiger partial charge in [0.15, 0.2) is 5.76 Å². The molecular formula is C6H9N2O+. The molecular weight excluding hydrogens is 116 g/mol. The Bertz CT molecular complexity index is 189. The predicted octanol–water partition coefficient (Wildman–Crippen LogP) is -0.934. The topological polar surface area (TPSA) is 49.4 Å². The first-order chi connectivity index (χ1) is 4.33. The third kappa shape index (κ3) is 1.42. The van der Waals surface area contributed by atoms with Gasteiger partial charge in [-0.25, -0.2) is 0 Å². The van der Waals surface area contributed by atoms with Crippen molar-refractivity contribution < 1.29 is 4.74 Å². The normalized spacial score (nSPS) is 23.8. The minimum Gasteiger partial charge on any atom is -0.490 e. The second-order valence-electron chi connectivity index (χ2n) is 1.78. The summed E-state index contributed by atoms with van der Waals surface area (Å²) in [5, 5.41) is 0. The van der Waals surface area contributed by atoms with Crippen LogP contribution in [0.3, 0.4) is 0 Å². The zero-order valence-corrected chi connectivity index (χ0v) is 5.24.